The first-order valence-corrected chi connectivity index (χ1v) is 3.79. The normalized spacial score (nSPS) is 13.3. The molecule has 0 aromatic carbocycles. The van der Waals surface area contributed by atoms with E-state index in [0.29, 0.717) is 6.54 Å². The van der Waals surface area contributed by atoms with Crippen molar-refractivity contribution < 1.29 is 5.11 Å². The highest BCUT2D eigenvalue weighted by Crippen LogP contribution is 1.94. The van der Waals surface area contributed by atoms with Gasteiger partial charge in [0.15, 0.2) is 0 Å². The Hall–Kier alpha value is -0.800. The molecule has 11 heavy (non-hydrogen) atoms. The van der Waals surface area contributed by atoms with Crippen molar-refractivity contribution in [3.05, 3.63) is 24.0 Å². The van der Waals surface area contributed by atoms with E-state index in [9.17, 15) is 0 Å². The molecule has 1 heterocycles. The first-order chi connectivity index (χ1) is 5.29. The fraction of sp³-hybridized carbons (Fsp3) is 0.500. The van der Waals surface area contributed by atoms with Gasteiger partial charge in [0.2, 0.25) is 0 Å². The first-order valence-electron chi connectivity index (χ1n) is 3.79. The van der Waals surface area contributed by atoms with Crippen LogP contribution in [0, 0.1) is 0 Å². The quantitative estimate of drug-likeness (QED) is 0.591. The third kappa shape index (κ3) is 3.20. The summed E-state index contributed by atoms with van der Waals surface area (Å²) in [7, 11) is 0. The van der Waals surface area contributed by atoms with Crippen molar-refractivity contribution in [3.63, 3.8) is 0 Å². The third-order valence-electron chi connectivity index (χ3n) is 1.43. The van der Waals surface area contributed by atoms with E-state index in [0.717, 1.165) is 6.54 Å². The average Bonchev–Trinajstić information content (AvgIpc) is 2.39. The average molecular weight is 154 g/mol. The van der Waals surface area contributed by atoms with Crippen LogP contribution in [0.2, 0.25) is 0 Å². The van der Waals surface area contributed by atoms with E-state index in [2.05, 4.69) is 10.3 Å². The molecule has 3 heteroatoms. The van der Waals surface area contributed by atoms with Gasteiger partial charge >= 0.3 is 0 Å². The maximum atomic E-state index is 8.91. The highest BCUT2D eigenvalue weighted by Gasteiger charge is 1.94. The first kappa shape index (κ1) is 8.30. The zero-order chi connectivity index (χ0) is 8.10. The SMILES string of the molecule is CC(O)CNCc1cc[nH]c1. The number of aliphatic hydroxyl groups is 1. The van der Waals surface area contributed by atoms with Crippen LogP contribution in [0.4, 0.5) is 0 Å². The van der Waals surface area contributed by atoms with Crippen LogP contribution in [0.1, 0.15) is 12.5 Å². The Balaban J connectivity index is 2.14. The summed E-state index contributed by atoms with van der Waals surface area (Å²) in [5.74, 6) is 0. The van der Waals surface area contributed by atoms with Gasteiger partial charge in [-0.15, -0.1) is 0 Å². The molecule has 0 saturated heterocycles. The molecule has 0 aliphatic heterocycles. The van der Waals surface area contributed by atoms with Crippen LogP contribution < -0.4 is 5.32 Å². The lowest BCUT2D eigenvalue weighted by molar-refractivity contribution is 0.191. The molecule has 62 valence electrons. The molecule has 0 spiro atoms. The molecule has 0 amide bonds. The lowest BCUT2D eigenvalue weighted by atomic mass is 10.3. The van der Waals surface area contributed by atoms with Crippen LogP contribution in [0.3, 0.4) is 0 Å². The van der Waals surface area contributed by atoms with Crippen molar-refractivity contribution in [1.29, 1.82) is 0 Å². The topological polar surface area (TPSA) is 48.0 Å². The number of hydrogen-bond acceptors (Lipinski definition) is 2. The number of rotatable bonds is 4. The maximum absolute atomic E-state index is 8.91. The van der Waals surface area contributed by atoms with E-state index in [1.165, 1.54) is 5.56 Å². The monoisotopic (exact) mass is 154 g/mol. The van der Waals surface area contributed by atoms with Gasteiger partial charge < -0.3 is 15.4 Å². The summed E-state index contributed by atoms with van der Waals surface area (Å²) in [6.45, 7) is 3.23. The molecule has 1 atom stereocenters. The Labute approximate surface area is 66.4 Å². The number of aromatic amines is 1. The Morgan fingerprint density at radius 1 is 1.73 bits per heavy atom. The lowest BCUT2D eigenvalue weighted by Crippen LogP contribution is -2.23. The van der Waals surface area contributed by atoms with Crippen LogP contribution >= 0.6 is 0 Å². The molecule has 0 fully saturated rings. The van der Waals surface area contributed by atoms with Crippen molar-refractivity contribution in [3.8, 4) is 0 Å². The molecule has 1 rings (SSSR count). The summed E-state index contributed by atoms with van der Waals surface area (Å²) in [5, 5.41) is 12.0. The Morgan fingerprint density at radius 2 is 2.55 bits per heavy atom. The molecule has 0 aliphatic rings. The second-order valence-electron chi connectivity index (χ2n) is 2.70. The van der Waals surface area contributed by atoms with Gasteiger partial charge in [0, 0.05) is 25.5 Å². The predicted octanol–water partition coefficient (Wildman–Crippen LogP) is 0.485. The summed E-state index contributed by atoms with van der Waals surface area (Å²) in [6.07, 6.45) is 3.56. The standard InChI is InChI=1S/C8H14N2O/c1-7(11)4-10-6-8-2-3-9-5-8/h2-3,5,7,9-11H,4,6H2,1H3. The van der Waals surface area contributed by atoms with Crippen molar-refractivity contribution >= 4 is 0 Å². The molecular weight excluding hydrogens is 140 g/mol. The van der Waals surface area contributed by atoms with Crippen LogP contribution in [-0.2, 0) is 6.54 Å². The van der Waals surface area contributed by atoms with Crippen molar-refractivity contribution in [2.75, 3.05) is 6.54 Å². The van der Waals surface area contributed by atoms with Crippen LogP contribution in [0.25, 0.3) is 0 Å². The highest BCUT2D eigenvalue weighted by atomic mass is 16.3. The van der Waals surface area contributed by atoms with E-state index >= 15 is 0 Å². The zero-order valence-electron chi connectivity index (χ0n) is 6.67. The van der Waals surface area contributed by atoms with Gasteiger partial charge in [-0.25, -0.2) is 0 Å². The van der Waals surface area contributed by atoms with E-state index < -0.39 is 0 Å². The third-order valence-corrected chi connectivity index (χ3v) is 1.43. The number of aromatic nitrogens is 1. The number of nitrogens with one attached hydrogen (secondary N) is 2. The summed E-state index contributed by atoms with van der Waals surface area (Å²) in [5.41, 5.74) is 1.21. The minimum absolute atomic E-state index is 0.269. The fourth-order valence-corrected chi connectivity index (χ4v) is 0.894. The maximum Gasteiger partial charge on any atom is 0.0636 e. The van der Waals surface area contributed by atoms with E-state index in [-0.39, 0.29) is 6.10 Å². The Morgan fingerprint density at radius 3 is 3.09 bits per heavy atom. The molecule has 0 bridgehead atoms. The Bertz CT molecular complexity index is 182. The lowest BCUT2D eigenvalue weighted by Gasteiger charge is -2.04. The van der Waals surface area contributed by atoms with E-state index in [1.54, 1.807) is 6.92 Å². The minimum Gasteiger partial charge on any atom is -0.392 e. The molecule has 3 nitrogen and oxygen atoms in total. The highest BCUT2D eigenvalue weighted by molar-refractivity contribution is 5.07. The zero-order valence-corrected chi connectivity index (χ0v) is 6.67. The van der Waals surface area contributed by atoms with Crippen molar-refractivity contribution in [1.82, 2.24) is 10.3 Å². The molecule has 1 aromatic heterocycles. The molecule has 1 unspecified atom stereocenters. The minimum atomic E-state index is -0.269. The van der Waals surface area contributed by atoms with Crippen molar-refractivity contribution in [2.45, 2.75) is 19.6 Å². The number of hydrogen-bond donors (Lipinski definition) is 3. The van der Waals surface area contributed by atoms with Gasteiger partial charge in [-0.05, 0) is 18.6 Å². The van der Waals surface area contributed by atoms with Crippen molar-refractivity contribution in [2.24, 2.45) is 0 Å². The molecule has 3 N–H and O–H groups in total. The summed E-state index contributed by atoms with van der Waals surface area (Å²) < 4.78 is 0. The van der Waals surface area contributed by atoms with Crippen LogP contribution in [-0.4, -0.2) is 22.7 Å². The van der Waals surface area contributed by atoms with Gasteiger partial charge in [-0.3, -0.25) is 0 Å². The smallest absolute Gasteiger partial charge is 0.0636 e. The Kier molecular flexibility index (Phi) is 3.14. The van der Waals surface area contributed by atoms with Gasteiger partial charge in [0.1, 0.15) is 0 Å². The molecule has 0 aliphatic carbocycles. The molecule has 0 radical (unpaired) electrons. The van der Waals surface area contributed by atoms with Gasteiger partial charge in [0.05, 0.1) is 6.10 Å². The van der Waals surface area contributed by atoms with Gasteiger partial charge in [0.25, 0.3) is 0 Å². The second-order valence-corrected chi connectivity index (χ2v) is 2.70. The largest absolute Gasteiger partial charge is 0.392 e. The second kappa shape index (κ2) is 4.16. The fourth-order valence-electron chi connectivity index (χ4n) is 0.894. The van der Waals surface area contributed by atoms with E-state index in [1.807, 2.05) is 18.5 Å². The van der Waals surface area contributed by atoms with Crippen LogP contribution in [0.15, 0.2) is 18.5 Å². The van der Waals surface area contributed by atoms with E-state index in [4.69, 9.17) is 5.11 Å². The summed E-state index contributed by atoms with van der Waals surface area (Å²) >= 11 is 0. The molecular formula is C8H14N2O. The number of H-pyrrole nitrogens is 1. The van der Waals surface area contributed by atoms with Gasteiger partial charge in [-0.1, -0.05) is 0 Å². The summed E-state index contributed by atoms with van der Waals surface area (Å²) in [4.78, 5) is 2.97. The predicted molar refractivity (Wildman–Crippen MR) is 44.2 cm³/mol. The van der Waals surface area contributed by atoms with Crippen LogP contribution in [0.5, 0.6) is 0 Å². The summed E-state index contributed by atoms with van der Waals surface area (Å²) in [6, 6.07) is 2.01. The molecule has 1 aromatic rings. The molecule has 0 saturated carbocycles. The van der Waals surface area contributed by atoms with Gasteiger partial charge in [-0.2, -0.15) is 0 Å². The number of aliphatic hydroxyl groups excluding tert-OH is 1.